The lowest BCUT2D eigenvalue weighted by Gasteiger charge is -2.23. The van der Waals surface area contributed by atoms with Gasteiger partial charge in [0.05, 0.1) is 13.2 Å². The SMILES string of the molecule is C=C(C)COCCC[Si](C)(OC)OC.C=C(C)COC[Si](OC)(OC)OC. The maximum Gasteiger partial charge on any atom is 0.527 e. The molecule has 162 valence electrons. The van der Waals surface area contributed by atoms with Gasteiger partial charge in [0.1, 0.15) is 6.23 Å². The molecule has 0 aromatic heterocycles. The minimum absolute atomic E-state index is 0.351. The second kappa shape index (κ2) is 16.6. The summed E-state index contributed by atoms with van der Waals surface area (Å²) < 4.78 is 36.9. The van der Waals surface area contributed by atoms with Crippen LogP contribution in [0.3, 0.4) is 0 Å². The summed E-state index contributed by atoms with van der Waals surface area (Å²) in [5, 5.41) is 0. The van der Waals surface area contributed by atoms with Gasteiger partial charge >= 0.3 is 17.4 Å². The Bertz CT molecular complexity index is 389. The van der Waals surface area contributed by atoms with Gasteiger partial charge in [-0.1, -0.05) is 24.3 Å². The molecule has 0 aromatic carbocycles. The molecule has 0 N–H and O–H groups in total. The van der Waals surface area contributed by atoms with E-state index in [0.717, 1.165) is 30.2 Å². The lowest BCUT2D eigenvalue weighted by atomic mass is 10.4. The molecule has 0 aliphatic heterocycles. The van der Waals surface area contributed by atoms with Crippen molar-refractivity contribution < 1.29 is 31.6 Å². The Morgan fingerprint density at radius 3 is 1.56 bits per heavy atom. The molecule has 0 saturated carbocycles. The van der Waals surface area contributed by atoms with Crippen molar-refractivity contribution in [1.29, 1.82) is 0 Å². The molecule has 0 aliphatic carbocycles. The second-order valence-electron chi connectivity index (χ2n) is 6.40. The first kappa shape index (κ1) is 28.8. The standard InChI is InChI=1S/C10H22O3Si.C8H18O4Si/c1-10(2)9-13-7-6-8-14(5,11-3)12-4;1-8(2)6-12-7-13(9-3,10-4)11-5/h1,6-9H2,2-5H3;1,6-7H2,2-5H3. The molecule has 0 rings (SSSR count). The van der Waals surface area contributed by atoms with Crippen LogP contribution in [0.1, 0.15) is 20.3 Å². The fourth-order valence-corrected chi connectivity index (χ4v) is 4.37. The number of hydrogen-bond acceptors (Lipinski definition) is 7. The molecule has 0 aromatic rings. The van der Waals surface area contributed by atoms with Crippen LogP contribution in [0.15, 0.2) is 24.3 Å². The van der Waals surface area contributed by atoms with Crippen molar-refractivity contribution in [3.8, 4) is 0 Å². The lowest BCUT2D eigenvalue weighted by molar-refractivity contribution is 0.0704. The van der Waals surface area contributed by atoms with Crippen LogP contribution in [0.4, 0.5) is 0 Å². The molecule has 0 saturated heterocycles. The van der Waals surface area contributed by atoms with Crippen molar-refractivity contribution >= 4 is 17.4 Å². The number of rotatable bonds is 15. The molecule has 0 unspecified atom stereocenters. The lowest BCUT2D eigenvalue weighted by Crippen LogP contribution is -2.48. The first-order chi connectivity index (χ1) is 12.6. The van der Waals surface area contributed by atoms with Gasteiger partial charge in [-0.3, -0.25) is 0 Å². The molecular formula is C18H40O7Si2. The minimum Gasteiger partial charge on any atom is -0.398 e. The zero-order valence-electron chi connectivity index (χ0n) is 18.5. The normalized spacial score (nSPS) is 11.7. The second-order valence-corrected chi connectivity index (χ2v) is 12.9. The molecule has 27 heavy (non-hydrogen) atoms. The summed E-state index contributed by atoms with van der Waals surface area (Å²) in [6.07, 6.45) is 1.33. The molecule has 9 heteroatoms. The maximum absolute atomic E-state index is 5.39. The highest BCUT2D eigenvalue weighted by molar-refractivity contribution is 6.65. The van der Waals surface area contributed by atoms with E-state index < -0.39 is 17.4 Å². The van der Waals surface area contributed by atoms with Crippen molar-refractivity contribution in [3.63, 3.8) is 0 Å². The predicted molar refractivity (Wildman–Crippen MR) is 113 cm³/mol. The summed E-state index contributed by atoms with van der Waals surface area (Å²) in [7, 11) is 3.68. The molecule has 7 nitrogen and oxygen atoms in total. The van der Waals surface area contributed by atoms with Crippen molar-refractivity contribution in [2.75, 3.05) is 61.6 Å². The third-order valence-electron chi connectivity index (χ3n) is 3.69. The van der Waals surface area contributed by atoms with E-state index in [2.05, 4.69) is 19.7 Å². The Kier molecular flexibility index (Phi) is 17.7. The van der Waals surface area contributed by atoms with Gasteiger partial charge < -0.3 is 31.6 Å². The first-order valence-corrected chi connectivity index (χ1v) is 13.3. The van der Waals surface area contributed by atoms with Gasteiger partial charge in [0, 0.05) is 42.2 Å². The molecule has 0 atom stereocenters. The van der Waals surface area contributed by atoms with Crippen LogP contribution in [0.2, 0.25) is 12.6 Å². The predicted octanol–water partition coefficient (Wildman–Crippen LogP) is 3.33. The third kappa shape index (κ3) is 15.3. The van der Waals surface area contributed by atoms with Gasteiger partial charge in [0.15, 0.2) is 0 Å². The van der Waals surface area contributed by atoms with Gasteiger partial charge in [-0.25, -0.2) is 0 Å². The van der Waals surface area contributed by atoms with Gasteiger partial charge in [0.25, 0.3) is 0 Å². The van der Waals surface area contributed by atoms with E-state index in [0.29, 0.717) is 19.4 Å². The summed E-state index contributed by atoms with van der Waals surface area (Å²) in [6.45, 7) is 15.3. The van der Waals surface area contributed by atoms with Crippen LogP contribution in [0.25, 0.3) is 0 Å². The average Bonchev–Trinajstić information content (AvgIpc) is 2.65. The summed E-state index contributed by atoms with van der Waals surface area (Å²) in [5.74, 6) is 0. The highest BCUT2D eigenvalue weighted by Crippen LogP contribution is 2.13. The largest absolute Gasteiger partial charge is 0.527 e. The fourth-order valence-electron chi connectivity index (χ4n) is 1.81. The van der Waals surface area contributed by atoms with Gasteiger partial charge in [-0.05, 0) is 32.9 Å². The van der Waals surface area contributed by atoms with Gasteiger partial charge in [0.2, 0.25) is 0 Å². The Balaban J connectivity index is 0. The molecular weight excluding hydrogens is 384 g/mol. The summed E-state index contributed by atoms with van der Waals surface area (Å²) >= 11 is 0. The molecule has 0 fully saturated rings. The smallest absolute Gasteiger partial charge is 0.398 e. The summed E-state index contributed by atoms with van der Waals surface area (Å²) in [5.41, 5.74) is 2.02. The zero-order chi connectivity index (χ0) is 21.3. The number of ether oxygens (including phenoxy) is 2. The highest BCUT2D eigenvalue weighted by atomic mass is 28.4. The Labute approximate surface area is 168 Å². The van der Waals surface area contributed by atoms with E-state index >= 15 is 0 Å². The van der Waals surface area contributed by atoms with Gasteiger partial charge in [-0.15, -0.1) is 0 Å². The van der Waals surface area contributed by atoms with E-state index in [9.17, 15) is 0 Å². The molecule has 0 radical (unpaired) electrons. The molecule has 0 aliphatic rings. The van der Waals surface area contributed by atoms with Crippen LogP contribution in [-0.4, -0.2) is 79.0 Å². The van der Waals surface area contributed by atoms with E-state index in [1.54, 1.807) is 35.5 Å². The Hall–Kier alpha value is -0.366. The van der Waals surface area contributed by atoms with E-state index in [1.807, 2.05) is 13.8 Å². The Morgan fingerprint density at radius 2 is 1.19 bits per heavy atom. The maximum atomic E-state index is 5.39. The minimum atomic E-state index is -2.55. The van der Waals surface area contributed by atoms with Crippen molar-refractivity contribution in [2.45, 2.75) is 32.9 Å². The number of hydrogen-bond donors (Lipinski definition) is 0. The molecule has 0 heterocycles. The summed E-state index contributed by atoms with van der Waals surface area (Å²) in [4.78, 5) is 0. The fraction of sp³-hybridized carbons (Fsp3) is 0.778. The molecule has 0 spiro atoms. The van der Waals surface area contributed by atoms with Crippen LogP contribution < -0.4 is 0 Å². The van der Waals surface area contributed by atoms with Crippen LogP contribution in [-0.2, 0) is 31.6 Å². The van der Waals surface area contributed by atoms with E-state index in [4.69, 9.17) is 31.6 Å². The van der Waals surface area contributed by atoms with Crippen LogP contribution >= 0.6 is 0 Å². The molecule has 0 bridgehead atoms. The Morgan fingerprint density at radius 1 is 0.741 bits per heavy atom. The van der Waals surface area contributed by atoms with Crippen molar-refractivity contribution in [1.82, 2.24) is 0 Å². The first-order valence-electron chi connectivity index (χ1n) is 8.84. The third-order valence-corrected chi connectivity index (χ3v) is 9.10. The topological polar surface area (TPSA) is 64.6 Å². The monoisotopic (exact) mass is 424 g/mol. The van der Waals surface area contributed by atoms with Crippen molar-refractivity contribution in [2.24, 2.45) is 0 Å². The van der Waals surface area contributed by atoms with Crippen molar-refractivity contribution in [3.05, 3.63) is 24.3 Å². The zero-order valence-corrected chi connectivity index (χ0v) is 20.5. The van der Waals surface area contributed by atoms with E-state index in [1.165, 1.54) is 0 Å². The van der Waals surface area contributed by atoms with Crippen LogP contribution in [0.5, 0.6) is 0 Å². The highest BCUT2D eigenvalue weighted by Gasteiger charge is 2.38. The van der Waals surface area contributed by atoms with Crippen LogP contribution in [0, 0.1) is 0 Å². The van der Waals surface area contributed by atoms with Gasteiger partial charge in [-0.2, -0.15) is 0 Å². The molecule has 0 amide bonds. The summed E-state index contributed by atoms with van der Waals surface area (Å²) in [6, 6.07) is 0.968. The van der Waals surface area contributed by atoms with E-state index in [-0.39, 0.29) is 0 Å². The quantitative estimate of drug-likeness (QED) is 0.227. The average molecular weight is 425 g/mol.